The Hall–Kier alpha value is -2.11. The number of carbonyl (C=O) groups excluding carboxylic acids is 2. The lowest BCUT2D eigenvalue weighted by molar-refractivity contribution is -0.116. The number of hydrogen-bond donors (Lipinski definition) is 1. The second-order valence-corrected chi connectivity index (χ2v) is 5.66. The molecule has 0 atom stereocenters. The lowest BCUT2D eigenvalue weighted by Gasteiger charge is -2.17. The third kappa shape index (κ3) is 4.68. The van der Waals surface area contributed by atoms with Crippen LogP contribution in [0.4, 0.5) is 10.1 Å². The normalized spacial score (nSPS) is 10.3. The van der Waals surface area contributed by atoms with Crippen LogP contribution in [0, 0.1) is 5.82 Å². The largest absolute Gasteiger partial charge is 0.332 e. The molecule has 0 fully saturated rings. The molecule has 0 aromatic heterocycles. The number of nitrogens with zero attached hydrogens (tertiary/aromatic N) is 1. The summed E-state index contributed by atoms with van der Waals surface area (Å²) in [5.74, 6) is -1.27. The van der Waals surface area contributed by atoms with Gasteiger partial charge >= 0.3 is 0 Å². The molecular weight excluding hydrogens is 342 g/mol. The van der Waals surface area contributed by atoms with Gasteiger partial charge in [-0.1, -0.05) is 29.3 Å². The molecular formula is C16H13Cl2FN2O2. The van der Waals surface area contributed by atoms with E-state index in [0.29, 0.717) is 16.3 Å². The number of rotatable bonds is 4. The predicted octanol–water partition coefficient (Wildman–Crippen LogP) is 3.84. The van der Waals surface area contributed by atoms with Crippen molar-refractivity contribution in [3.05, 3.63) is 63.9 Å². The number of halogens is 3. The van der Waals surface area contributed by atoms with Crippen molar-refractivity contribution < 1.29 is 14.0 Å². The minimum absolute atomic E-state index is 0.185. The third-order valence-corrected chi connectivity index (χ3v) is 3.74. The molecule has 120 valence electrons. The molecule has 4 nitrogen and oxygen atoms in total. The summed E-state index contributed by atoms with van der Waals surface area (Å²) in [6, 6.07) is 9.98. The molecule has 0 bridgehead atoms. The summed E-state index contributed by atoms with van der Waals surface area (Å²) < 4.78 is 13.1. The molecule has 0 aliphatic heterocycles. The van der Waals surface area contributed by atoms with Gasteiger partial charge in [0.15, 0.2) is 0 Å². The monoisotopic (exact) mass is 354 g/mol. The van der Waals surface area contributed by atoms with Crippen LogP contribution >= 0.6 is 23.2 Å². The number of hydrogen-bond acceptors (Lipinski definition) is 2. The first-order chi connectivity index (χ1) is 10.9. The van der Waals surface area contributed by atoms with Crippen LogP contribution < -0.4 is 5.32 Å². The standard InChI is InChI=1S/C16H13Cl2FN2O2/c1-21(16(23)10-5-6-13(17)14(18)7-10)9-15(22)20-12-4-2-3-11(19)8-12/h2-8H,9H2,1H3,(H,20,22). The van der Waals surface area contributed by atoms with E-state index in [4.69, 9.17) is 23.2 Å². The summed E-state index contributed by atoms with van der Waals surface area (Å²) in [5, 5.41) is 3.12. The van der Waals surface area contributed by atoms with Crippen LogP contribution in [0.15, 0.2) is 42.5 Å². The minimum Gasteiger partial charge on any atom is -0.332 e. The number of benzene rings is 2. The molecule has 1 N–H and O–H groups in total. The van der Waals surface area contributed by atoms with Crippen molar-refractivity contribution in [3.8, 4) is 0 Å². The molecule has 0 spiro atoms. The van der Waals surface area contributed by atoms with Crippen LogP contribution in [0.5, 0.6) is 0 Å². The van der Waals surface area contributed by atoms with Gasteiger partial charge in [0.1, 0.15) is 5.82 Å². The van der Waals surface area contributed by atoms with E-state index < -0.39 is 11.7 Å². The van der Waals surface area contributed by atoms with Crippen LogP contribution in [0.2, 0.25) is 10.0 Å². The first kappa shape index (κ1) is 17.2. The Morgan fingerprint density at radius 2 is 1.87 bits per heavy atom. The second-order valence-electron chi connectivity index (χ2n) is 4.85. The highest BCUT2D eigenvalue weighted by Gasteiger charge is 2.16. The Kier molecular flexibility index (Phi) is 5.58. The Morgan fingerprint density at radius 1 is 1.13 bits per heavy atom. The summed E-state index contributed by atoms with van der Waals surface area (Å²) in [5.41, 5.74) is 0.644. The van der Waals surface area contributed by atoms with Crippen molar-refractivity contribution >= 4 is 40.7 Å². The van der Waals surface area contributed by atoms with Crippen LogP contribution in [0.3, 0.4) is 0 Å². The Balaban J connectivity index is 2.00. The lowest BCUT2D eigenvalue weighted by Crippen LogP contribution is -2.34. The fourth-order valence-electron chi connectivity index (χ4n) is 1.90. The van der Waals surface area contributed by atoms with Crippen molar-refractivity contribution in [2.75, 3.05) is 18.9 Å². The molecule has 0 aliphatic carbocycles. The van der Waals surface area contributed by atoms with E-state index in [1.807, 2.05) is 0 Å². The highest BCUT2D eigenvalue weighted by Crippen LogP contribution is 2.23. The quantitative estimate of drug-likeness (QED) is 0.906. The molecule has 2 aromatic rings. The first-order valence-corrected chi connectivity index (χ1v) is 7.38. The molecule has 0 heterocycles. The van der Waals surface area contributed by atoms with Gasteiger partial charge in [-0.05, 0) is 36.4 Å². The lowest BCUT2D eigenvalue weighted by atomic mass is 10.2. The van der Waals surface area contributed by atoms with Crippen molar-refractivity contribution in [3.63, 3.8) is 0 Å². The Bertz CT molecular complexity index is 753. The van der Waals surface area contributed by atoms with Gasteiger partial charge in [0.25, 0.3) is 5.91 Å². The average Bonchev–Trinajstić information content (AvgIpc) is 2.49. The van der Waals surface area contributed by atoms with Gasteiger partial charge in [0, 0.05) is 18.3 Å². The molecule has 7 heteroatoms. The third-order valence-electron chi connectivity index (χ3n) is 3.00. The molecule has 0 saturated carbocycles. The van der Waals surface area contributed by atoms with E-state index in [0.717, 1.165) is 0 Å². The van der Waals surface area contributed by atoms with Crippen LogP contribution in [0.25, 0.3) is 0 Å². The van der Waals surface area contributed by atoms with Gasteiger partial charge in [0.05, 0.1) is 16.6 Å². The predicted molar refractivity (Wildman–Crippen MR) is 88.5 cm³/mol. The second kappa shape index (κ2) is 7.44. The van der Waals surface area contributed by atoms with E-state index in [1.54, 1.807) is 6.07 Å². The highest BCUT2D eigenvalue weighted by molar-refractivity contribution is 6.42. The maximum absolute atomic E-state index is 13.1. The van der Waals surface area contributed by atoms with Gasteiger partial charge < -0.3 is 10.2 Å². The minimum atomic E-state index is -0.456. The summed E-state index contributed by atoms with van der Waals surface area (Å²) >= 11 is 11.7. The van der Waals surface area contributed by atoms with Gasteiger partial charge in [-0.3, -0.25) is 9.59 Å². The number of carbonyl (C=O) groups is 2. The average molecular weight is 355 g/mol. The zero-order valence-electron chi connectivity index (χ0n) is 12.1. The number of amides is 2. The SMILES string of the molecule is CN(CC(=O)Nc1cccc(F)c1)C(=O)c1ccc(Cl)c(Cl)c1. The van der Waals surface area contributed by atoms with E-state index in [9.17, 15) is 14.0 Å². The van der Waals surface area contributed by atoms with E-state index >= 15 is 0 Å². The maximum Gasteiger partial charge on any atom is 0.254 e. The molecule has 0 radical (unpaired) electrons. The van der Waals surface area contributed by atoms with Crippen molar-refractivity contribution in [1.29, 1.82) is 0 Å². The van der Waals surface area contributed by atoms with Crippen LogP contribution in [0.1, 0.15) is 10.4 Å². The molecule has 0 unspecified atom stereocenters. The Labute approximate surface area is 142 Å². The van der Waals surface area contributed by atoms with E-state index in [2.05, 4.69) is 5.32 Å². The zero-order chi connectivity index (χ0) is 17.0. The Morgan fingerprint density at radius 3 is 2.52 bits per heavy atom. The van der Waals surface area contributed by atoms with E-state index in [1.165, 1.54) is 48.3 Å². The smallest absolute Gasteiger partial charge is 0.254 e. The van der Waals surface area contributed by atoms with Crippen molar-refractivity contribution in [2.24, 2.45) is 0 Å². The van der Waals surface area contributed by atoms with Gasteiger partial charge in [-0.2, -0.15) is 0 Å². The zero-order valence-corrected chi connectivity index (χ0v) is 13.7. The highest BCUT2D eigenvalue weighted by atomic mass is 35.5. The van der Waals surface area contributed by atoms with Crippen LogP contribution in [-0.2, 0) is 4.79 Å². The number of anilines is 1. The van der Waals surface area contributed by atoms with Crippen LogP contribution in [-0.4, -0.2) is 30.3 Å². The van der Waals surface area contributed by atoms with Gasteiger partial charge in [-0.15, -0.1) is 0 Å². The molecule has 0 aliphatic rings. The first-order valence-electron chi connectivity index (χ1n) is 6.63. The summed E-state index contributed by atoms with van der Waals surface area (Å²) in [7, 11) is 1.48. The summed E-state index contributed by atoms with van der Waals surface area (Å²) in [4.78, 5) is 25.4. The molecule has 0 saturated heterocycles. The summed E-state index contributed by atoms with van der Waals surface area (Å²) in [6.45, 7) is -0.185. The fraction of sp³-hybridized carbons (Fsp3) is 0.125. The van der Waals surface area contributed by atoms with Crippen molar-refractivity contribution in [2.45, 2.75) is 0 Å². The van der Waals surface area contributed by atoms with Gasteiger partial charge in [0.2, 0.25) is 5.91 Å². The van der Waals surface area contributed by atoms with Gasteiger partial charge in [-0.25, -0.2) is 4.39 Å². The molecule has 2 rings (SSSR count). The molecule has 23 heavy (non-hydrogen) atoms. The fourth-order valence-corrected chi connectivity index (χ4v) is 2.20. The van der Waals surface area contributed by atoms with Crippen molar-refractivity contribution in [1.82, 2.24) is 4.90 Å². The maximum atomic E-state index is 13.1. The number of nitrogens with one attached hydrogen (secondary N) is 1. The number of likely N-dealkylation sites (N-methyl/N-ethyl adjacent to an activating group) is 1. The molecule has 2 amide bonds. The summed E-state index contributed by atoms with van der Waals surface area (Å²) in [6.07, 6.45) is 0. The molecule has 2 aromatic carbocycles. The topological polar surface area (TPSA) is 49.4 Å². The van der Waals surface area contributed by atoms with E-state index in [-0.39, 0.29) is 17.5 Å².